The maximum absolute atomic E-state index is 4.80. The van der Waals surface area contributed by atoms with Gasteiger partial charge in [0.15, 0.2) is 0 Å². The fourth-order valence-electron chi connectivity index (χ4n) is 3.45. The highest BCUT2D eigenvalue weighted by Gasteiger charge is 2.37. The molecule has 0 aromatic heterocycles. The van der Waals surface area contributed by atoms with Gasteiger partial charge in [-0.05, 0) is 24.0 Å². The van der Waals surface area contributed by atoms with E-state index >= 15 is 0 Å². The second kappa shape index (κ2) is 7.47. The van der Waals surface area contributed by atoms with Gasteiger partial charge in [-0.1, -0.05) is 60.7 Å². The first-order valence-electron chi connectivity index (χ1n) is 9.96. The van der Waals surface area contributed by atoms with Crippen LogP contribution < -0.4 is 10.6 Å². The van der Waals surface area contributed by atoms with Crippen LogP contribution in [0.25, 0.3) is 11.1 Å². The van der Waals surface area contributed by atoms with E-state index < -0.39 is 0 Å². The smallest absolute Gasteiger partial charge is 0.0745 e. The van der Waals surface area contributed by atoms with Gasteiger partial charge in [0.25, 0.3) is 0 Å². The summed E-state index contributed by atoms with van der Waals surface area (Å²) in [4.78, 5) is 9.60. The van der Waals surface area contributed by atoms with Gasteiger partial charge in [0.05, 0.1) is 12.1 Å². The van der Waals surface area contributed by atoms with Crippen LogP contribution >= 0.6 is 0 Å². The first-order chi connectivity index (χ1) is 13.9. The Balaban J connectivity index is 1.40. The molecule has 2 N–H and O–H groups in total. The van der Waals surface area contributed by atoms with Crippen molar-refractivity contribution in [1.29, 1.82) is 0 Å². The molecule has 0 bridgehead atoms. The van der Waals surface area contributed by atoms with E-state index in [1.165, 1.54) is 11.1 Å². The van der Waals surface area contributed by atoms with Crippen molar-refractivity contribution in [3.05, 3.63) is 84.2 Å². The zero-order valence-corrected chi connectivity index (χ0v) is 15.7. The van der Waals surface area contributed by atoms with Crippen molar-refractivity contribution in [2.45, 2.75) is 37.0 Å². The Morgan fingerprint density at radius 3 is 1.54 bits per heavy atom. The van der Waals surface area contributed by atoms with Crippen LogP contribution in [0, 0.1) is 0 Å². The molecule has 140 valence electrons. The minimum Gasteiger partial charge on any atom is -0.385 e. The molecule has 4 heteroatoms. The highest BCUT2D eigenvalue weighted by Crippen LogP contribution is 2.30. The number of aliphatic imine (C=N–C) groups is 2. The molecule has 0 saturated heterocycles. The van der Waals surface area contributed by atoms with E-state index in [-0.39, 0.29) is 12.1 Å². The van der Waals surface area contributed by atoms with Crippen molar-refractivity contribution in [2.75, 3.05) is 0 Å². The fourth-order valence-corrected chi connectivity index (χ4v) is 3.45. The van der Waals surface area contributed by atoms with Crippen LogP contribution in [0.4, 0.5) is 0 Å². The van der Waals surface area contributed by atoms with Gasteiger partial charge in [0.1, 0.15) is 0 Å². The van der Waals surface area contributed by atoms with Crippen LogP contribution in [0.3, 0.4) is 0 Å². The lowest BCUT2D eigenvalue weighted by Gasteiger charge is -2.07. The molecule has 0 amide bonds. The van der Waals surface area contributed by atoms with Crippen molar-refractivity contribution in [3.63, 3.8) is 0 Å². The molecule has 28 heavy (non-hydrogen) atoms. The molecule has 3 aliphatic rings. The Morgan fingerprint density at radius 1 is 0.607 bits per heavy atom. The quantitative estimate of drug-likeness (QED) is 0.849. The molecule has 0 radical (unpaired) electrons. The lowest BCUT2D eigenvalue weighted by atomic mass is 10.1. The fraction of sp³-hybridized carbons (Fsp3) is 0.250. The molecule has 1 aliphatic heterocycles. The van der Waals surface area contributed by atoms with Crippen molar-refractivity contribution >= 4 is 23.6 Å². The molecular weight excluding hydrogens is 344 g/mol. The van der Waals surface area contributed by atoms with Crippen LogP contribution in [0.15, 0.2) is 83.0 Å². The summed E-state index contributed by atoms with van der Waals surface area (Å²) in [6.45, 7) is 0. The number of hydrogen-bond acceptors (Lipinski definition) is 4. The van der Waals surface area contributed by atoms with Crippen molar-refractivity contribution in [1.82, 2.24) is 10.6 Å². The number of rotatable bonds is 2. The standard InChI is InChI=1S/C24H24N4/c1-3-7-17(8-4-1)19-13-25-21-11-23(21)27-15-20(18-9-5-2-6-10-18)16-28-24-12-22(24)26-14-19/h1-10,13-16,21-25,27H,11-12H2/b19-13+,20-15+,26-14?,28-16?/t21?,22-,23?,24+. The van der Waals surface area contributed by atoms with Crippen LogP contribution in [-0.2, 0) is 0 Å². The van der Waals surface area contributed by atoms with E-state index in [4.69, 9.17) is 9.98 Å². The maximum atomic E-state index is 4.80. The van der Waals surface area contributed by atoms with Gasteiger partial charge in [-0.25, -0.2) is 0 Å². The summed E-state index contributed by atoms with van der Waals surface area (Å²) in [6, 6.07) is 22.3. The van der Waals surface area contributed by atoms with Gasteiger partial charge >= 0.3 is 0 Å². The molecule has 2 aromatic rings. The summed E-state index contributed by atoms with van der Waals surface area (Å²) in [6.07, 6.45) is 10.4. The van der Waals surface area contributed by atoms with Crippen LogP contribution in [0.2, 0.25) is 0 Å². The molecule has 2 saturated carbocycles. The van der Waals surface area contributed by atoms with Crippen molar-refractivity contribution in [3.8, 4) is 0 Å². The second-order valence-corrected chi connectivity index (χ2v) is 7.64. The molecule has 1 heterocycles. The van der Waals surface area contributed by atoms with Gasteiger partial charge in [-0.3, -0.25) is 9.98 Å². The van der Waals surface area contributed by atoms with Crippen LogP contribution in [0.1, 0.15) is 24.0 Å². The van der Waals surface area contributed by atoms with E-state index in [0.29, 0.717) is 12.1 Å². The number of benzene rings is 2. The summed E-state index contributed by atoms with van der Waals surface area (Å²) in [7, 11) is 0. The van der Waals surface area contributed by atoms with E-state index in [0.717, 1.165) is 24.0 Å². The molecule has 5 rings (SSSR count). The lowest BCUT2D eigenvalue weighted by molar-refractivity contribution is 0.758. The summed E-state index contributed by atoms with van der Waals surface area (Å²) in [5, 5.41) is 7.13. The Kier molecular flexibility index (Phi) is 4.53. The summed E-state index contributed by atoms with van der Waals surface area (Å²) >= 11 is 0. The van der Waals surface area contributed by atoms with Gasteiger partial charge in [0, 0.05) is 48.1 Å². The number of nitrogens with zero attached hydrogens (tertiary/aromatic N) is 2. The summed E-state index contributed by atoms with van der Waals surface area (Å²) < 4.78 is 0. The SMILES string of the molecule is C1=N[C@H]2C[C@H]2N=C/C(c2ccccc2)=C\NC2CC2N/C=C\1c1ccccc1. The van der Waals surface area contributed by atoms with E-state index in [1.807, 2.05) is 24.6 Å². The van der Waals surface area contributed by atoms with Crippen LogP contribution in [0.5, 0.6) is 0 Å². The molecule has 0 spiro atoms. The monoisotopic (exact) mass is 368 g/mol. The molecule has 4 atom stereocenters. The largest absolute Gasteiger partial charge is 0.385 e. The maximum Gasteiger partial charge on any atom is 0.0745 e. The third kappa shape index (κ3) is 3.91. The number of nitrogens with one attached hydrogen (secondary N) is 2. The predicted molar refractivity (Wildman–Crippen MR) is 116 cm³/mol. The topological polar surface area (TPSA) is 48.8 Å². The molecule has 2 aromatic carbocycles. The Hall–Kier alpha value is -3.14. The van der Waals surface area contributed by atoms with E-state index in [2.05, 4.69) is 71.6 Å². The second-order valence-electron chi connectivity index (χ2n) is 7.64. The first kappa shape index (κ1) is 17.0. The normalized spacial score (nSPS) is 32.1. The first-order valence-corrected chi connectivity index (χ1v) is 9.96. The van der Waals surface area contributed by atoms with Crippen molar-refractivity contribution in [2.24, 2.45) is 9.98 Å². The predicted octanol–water partition coefficient (Wildman–Crippen LogP) is 3.68. The Labute approximate surface area is 165 Å². The average molecular weight is 368 g/mol. The number of allylic oxidation sites excluding steroid dienone is 2. The summed E-state index contributed by atoms with van der Waals surface area (Å²) in [5.74, 6) is 0. The third-order valence-electron chi connectivity index (χ3n) is 5.44. The van der Waals surface area contributed by atoms with Gasteiger partial charge < -0.3 is 10.6 Å². The molecule has 2 fully saturated rings. The van der Waals surface area contributed by atoms with Gasteiger partial charge in [-0.2, -0.15) is 0 Å². The summed E-state index contributed by atoms with van der Waals surface area (Å²) in [5.41, 5.74) is 4.61. The zero-order valence-electron chi connectivity index (χ0n) is 15.7. The van der Waals surface area contributed by atoms with Crippen molar-refractivity contribution < 1.29 is 0 Å². The van der Waals surface area contributed by atoms with E-state index in [9.17, 15) is 0 Å². The Morgan fingerprint density at radius 2 is 1.07 bits per heavy atom. The highest BCUT2D eigenvalue weighted by atomic mass is 15.1. The third-order valence-corrected chi connectivity index (χ3v) is 5.44. The number of fused-ring (bicyclic) bond motifs is 2. The van der Waals surface area contributed by atoms with Gasteiger partial charge in [0.2, 0.25) is 0 Å². The van der Waals surface area contributed by atoms with E-state index in [1.54, 1.807) is 0 Å². The number of hydrogen-bond donors (Lipinski definition) is 2. The van der Waals surface area contributed by atoms with Gasteiger partial charge in [-0.15, -0.1) is 0 Å². The minimum absolute atomic E-state index is 0.282. The molecule has 2 unspecified atom stereocenters. The molecular formula is C24H24N4. The lowest BCUT2D eigenvalue weighted by Crippen LogP contribution is -2.21. The Bertz CT molecular complexity index is 866. The molecule has 2 aliphatic carbocycles. The zero-order chi connectivity index (χ0) is 18.8. The minimum atomic E-state index is 0.282. The average Bonchev–Trinajstić information content (AvgIpc) is 3.66. The van der Waals surface area contributed by atoms with Crippen LogP contribution in [-0.4, -0.2) is 36.6 Å². The molecule has 4 nitrogen and oxygen atoms in total. The highest BCUT2D eigenvalue weighted by molar-refractivity contribution is 6.10.